The molecule has 4 nitrogen and oxygen atoms in total. The first-order valence-electron chi connectivity index (χ1n) is 7.55. The van der Waals surface area contributed by atoms with E-state index in [2.05, 4.69) is 22.8 Å². The van der Waals surface area contributed by atoms with E-state index in [-0.39, 0.29) is 12.5 Å². The van der Waals surface area contributed by atoms with E-state index < -0.39 is 0 Å². The lowest BCUT2D eigenvalue weighted by atomic mass is 10.1. The standard InChI is InChI=1S/C18H22N2O2/c1-2-22-17-10-6-9-16(13-17)20-14-18(21)19-12-11-15-7-4-3-5-8-15/h3-10,13,20H,2,11-12,14H2,1H3,(H,19,21). The minimum Gasteiger partial charge on any atom is -0.494 e. The summed E-state index contributed by atoms with van der Waals surface area (Å²) in [4.78, 5) is 11.8. The summed E-state index contributed by atoms with van der Waals surface area (Å²) in [5.41, 5.74) is 2.10. The number of nitrogens with one attached hydrogen (secondary N) is 2. The van der Waals surface area contributed by atoms with E-state index in [1.165, 1.54) is 5.56 Å². The molecule has 0 heterocycles. The van der Waals surface area contributed by atoms with Crippen LogP contribution in [0.25, 0.3) is 0 Å². The molecule has 2 N–H and O–H groups in total. The Labute approximate surface area is 131 Å². The second-order valence-corrected chi connectivity index (χ2v) is 4.90. The number of amides is 1. The van der Waals surface area contributed by atoms with Crippen LogP contribution in [0.1, 0.15) is 12.5 Å². The van der Waals surface area contributed by atoms with Crippen molar-refractivity contribution in [2.45, 2.75) is 13.3 Å². The van der Waals surface area contributed by atoms with Gasteiger partial charge in [0.1, 0.15) is 5.75 Å². The minimum atomic E-state index is -0.0160. The quantitative estimate of drug-likeness (QED) is 0.788. The fourth-order valence-electron chi connectivity index (χ4n) is 2.10. The predicted octanol–water partition coefficient (Wildman–Crippen LogP) is 2.86. The molecule has 2 aromatic carbocycles. The van der Waals surface area contributed by atoms with Gasteiger partial charge in [0.2, 0.25) is 5.91 Å². The van der Waals surface area contributed by atoms with Crippen LogP contribution in [0.2, 0.25) is 0 Å². The van der Waals surface area contributed by atoms with Crippen molar-refractivity contribution < 1.29 is 9.53 Å². The number of benzene rings is 2. The first-order valence-corrected chi connectivity index (χ1v) is 7.55. The lowest BCUT2D eigenvalue weighted by Gasteiger charge is -2.09. The molecule has 116 valence electrons. The van der Waals surface area contributed by atoms with Gasteiger partial charge in [-0.3, -0.25) is 4.79 Å². The molecule has 0 atom stereocenters. The molecule has 0 unspecified atom stereocenters. The molecule has 0 radical (unpaired) electrons. The van der Waals surface area contributed by atoms with Crippen LogP contribution >= 0.6 is 0 Å². The fourth-order valence-corrected chi connectivity index (χ4v) is 2.10. The van der Waals surface area contributed by atoms with Gasteiger partial charge in [0.05, 0.1) is 13.2 Å². The first kappa shape index (κ1) is 15.9. The molecule has 0 spiro atoms. The number of anilines is 1. The maximum absolute atomic E-state index is 11.8. The van der Waals surface area contributed by atoms with Crippen molar-refractivity contribution in [2.24, 2.45) is 0 Å². The molecule has 0 aliphatic rings. The zero-order valence-corrected chi connectivity index (χ0v) is 12.8. The molecule has 4 heteroatoms. The maximum Gasteiger partial charge on any atom is 0.239 e. The van der Waals surface area contributed by atoms with Crippen LogP contribution in [-0.2, 0) is 11.2 Å². The van der Waals surface area contributed by atoms with Crippen molar-refractivity contribution >= 4 is 11.6 Å². The molecule has 22 heavy (non-hydrogen) atoms. The summed E-state index contributed by atoms with van der Waals surface area (Å²) in [6.45, 7) is 3.47. The third-order valence-electron chi connectivity index (χ3n) is 3.18. The Bertz CT molecular complexity index is 585. The highest BCUT2D eigenvalue weighted by Gasteiger charge is 2.02. The van der Waals surface area contributed by atoms with E-state index in [0.717, 1.165) is 17.9 Å². The van der Waals surface area contributed by atoms with E-state index in [1.54, 1.807) is 0 Å². The molecule has 0 fully saturated rings. The van der Waals surface area contributed by atoms with E-state index in [4.69, 9.17) is 4.74 Å². The summed E-state index contributed by atoms with van der Waals surface area (Å²) in [5.74, 6) is 0.787. The molecule has 0 saturated heterocycles. The second kappa shape index (κ2) is 8.72. The van der Waals surface area contributed by atoms with Crippen molar-refractivity contribution in [3.63, 3.8) is 0 Å². The number of hydrogen-bond acceptors (Lipinski definition) is 3. The molecule has 1 amide bonds. The van der Waals surface area contributed by atoms with Crippen LogP contribution < -0.4 is 15.4 Å². The molecule has 0 aliphatic carbocycles. The van der Waals surface area contributed by atoms with E-state index >= 15 is 0 Å². The summed E-state index contributed by atoms with van der Waals surface area (Å²) in [6.07, 6.45) is 0.840. The summed E-state index contributed by atoms with van der Waals surface area (Å²) >= 11 is 0. The topological polar surface area (TPSA) is 50.4 Å². The molecular formula is C18H22N2O2. The number of hydrogen-bond donors (Lipinski definition) is 2. The Morgan fingerprint density at radius 1 is 1.09 bits per heavy atom. The Morgan fingerprint density at radius 3 is 2.68 bits per heavy atom. The summed E-state index contributed by atoms with van der Waals surface area (Å²) < 4.78 is 5.43. The zero-order valence-electron chi connectivity index (χ0n) is 12.8. The van der Waals surface area contributed by atoms with Gasteiger partial charge in [-0.1, -0.05) is 36.4 Å². The molecule has 2 rings (SSSR count). The smallest absolute Gasteiger partial charge is 0.239 e. The van der Waals surface area contributed by atoms with Gasteiger partial charge in [-0.2, -0.15) is 0 Å². The monoisotopic (exact) mass is 298 g/mol. The third-order valence-corrected chi connectivity index (χ3v) is 3.18. The minimum absolute atomic E-state index is 0.0160. The van der Waals surface area contributed by atoms with Crippen molar-refractivity contribution in [1.29, 1.82) is 0 Å². The Kier molecular flexibility index (Phi) is 6.30. The number of carbonyl (C=O) groups is 1. The highest BCUT2D eigenvalue weighted by atomic mass is 16.5. The van der Waals surface area contributed by atoms with Crippen molar-refractivity contribution in [3.05, 3.63) is 60.2 Å². The van der Waals surface area contributed by atoms with E-state index in [0.29, 0.717) is 13.2 Å². The van der Waals surface area contributed by atoms with Crippen LogP contribution in [0.3, 0.4) is 0 Å². The van der Waals surface area contributed by atoms with Crippen molar-refractivity contribution in [2.75, 3.05) is 25.0 Å². The van der Waals surface area contributed by atoms with Gasteiger partial charge in [0, 0.05) is 18.3 Å². The lowest BCUT2D eigenvalue weighted by Crippen LogP contribution is -2.31. The van der Waals surface area contributed by atoms with Crippen LogP contribution in [-0.4, -0.2) is 25.6 Å². The lowest BCUT2D eigenvalue weighted by molar-refractivity contribution is -0.119. The van der Waals surface area contributed by atoms with Crippen molar-refractivity contribution in [3.8, 4) is 5.75 Å². The third kappa shape index (κ3) is 5.48. The molecule has 2 aromatic rings. The fraction of sp³-hybridized carbons (Fsp3) is 0.278. The Hall–Kier alpha value is -2.49. The van der Waals surface area contributed by atoms with Crippen LogP contribution in [0, 0.1) is 0 Å². The van der Waals surface area contributed by atoms with Crippen LogP contribution in [0.5, 0.6) is 5.75 Å². The molecule has 0 aromatic heterocycles. The van der Waals surface area contributed by atoms with Gasteiger partial charge in [0.25, 0.3) is 0 Å². The van der Waals surface area contributed by atoms with Crippen LogP contribution in [0.4, 0.5) is 5.69 Å². The normalized spacial score (nSPS) is 10.0. The zero-order chi connectivity index (χ0) is 15.6. The molecule has 0 saturated carbocycles. The number of ether oxygens (including phenoxy) is 1. The van der Waals surface area contributed by atoms with Gasteiger partial charge in [-0.25, -0.2) is 0 Å². The molecule has 0 aliphatic heterocycles. The van der Waals surface area contributed by atoms with Gasteiger partial charge in [-0.15, -0.1) is 0 Å². The maximum atomic E-state index is 11.8. The largest absolute Gasteiger partial charge is 0.494 e. The van der Waals surface area contributed by atoms with E-state index in [9.17, 15) is 4.79 Å². The van der Waals surface area contributed by atoms with E-state index in [1.807, 2.05) is 49.4 Å². The SMILES string of the molecule is CCOc1cccc(NCC(=O)NCCc2ccccc2)c1. The summed E-state index contributed by atoms with van der Waals surface area (Å²) in [6, 6.07) is 17.7. The second-order valence-electron chi connectivity index (χ2n) is 4.90. The first-order chi connectivity index (χ1) is 10.8. The van der Waals surface area contributed by atoms with Gasteiger partial charge >= 0.3 is 0 Å². The number of carbonyl (C=O) groups excluding carboxylic acids is 1. The highest BCUT2D eigenvalue weighted by Crippen LogP contribution is 2.16. The van der Waals surface area contributed by atoms with Gasteiger partial charge in [-0.05, 0) is 31.0 Å². The van der Waals surface area contributed by atoms with Gasteiger partial charge < -0.3 is 15.4 Å². The summed E-state index contributed by atoms with van der Waals surface area (Å²) in [7, 11) is 0. The van der Waals surface area contributed by atoms with Gasteiger partial charge in [0.15, 0.2) is 0 Å². The number of rotatable bonds is 8. The average molecular weight is 298 g/mol. The average Bonchev–Trinajstić information content (AvgIpc) is 2.55. The molecular weight excluding hydrogens is 276 g/mol. The van der Waals surface area contributed by atoms with Crippen LogP contribution in [0.15, 0.2) is 54.6 Å². The Morgan fingerprint density at radius 2 is 1.91 bits per heavy atom. The molecule has 0 bridgehead atoms. The van der Waals surface area contributed by atoms with Crippen molar-refractivity contribution in [1.82, 2.24) is 5.32 Å². The predicted molar refractivity (Wildman–Crippen MR) is 89.3 cm³/mol. The highest BCUT2D eigenvalue weighted by molar-refractivity contribution is 5.80. The Balaban J connectivity index is 1.70. The summed E-state index contributed by atoms with van der Waals surface area (Å²) in [5, 5.41) is 6.01.